The number of rotatable bonds is 3. The van der Waals surface area contributed by atoms with Crippen LogP contribution in [0.2, 0.25) is 5.02 Å². The van der Waals surface area contributed by atoms with Crippen LogP contribution in [0, 0.1) is 17.1 Å². The van der Waals surface area contributed by atoms with Crippen molar-refractivity contribution in [2.45, 2.75) is 6.54 Å². The summed E-state index contributed by atoms with van der Waals surface area (Å²) in [5.74, 6) is -1.12. The van der Waals surface area contributed by atoms with Gasteiger partial charge in [0, 0.05) is 13.6 Å². The van der Waals surface area contributed by atoms with Gasteiger partial charge in [-0.3, -0.25) is 4.79 Å². The number of amides is 1. The smallest absolute Gasteiger partial charge is 0.258 e. The Labute approximate surface area is 127 Å². The van der Waals surface area contributed by atoms with Gasteiger partial charge in [0.05, 0.1) is 22.2 Å². The number of carbonyl (C=O) groups excluding carboxylic acids is 1. The molecule has 21 heavy (non-hydrogen) atoms. The van der Waals surface area contributed by atoms with E-state index in [-0.39, 0.29) is 10.6 Å². The lowest BCUT2D eigenvalue weighted by atomic mass is 10.1. The van der Waals surface area contributed by atoms with Gasteiger partial charge < -0.3 is 4.90 Å². The normalized spacial score (nSPS) is 10.0. The average molecular weight is 303 g/mol. The quantitative estimate of drug-likeness (QED) is 0.869. The lowest BCUT2D eigenvalue weighted by Gasteiger charge is -2.18. The van der Waals surface area contributed by atoms with Crippen LogP contribution in [-0.4, -0.2) is 17.9 Å². The SMILES string of the molecule is CN(Cc1ccc(C#N)cc1)C(=O)c1c(F)cccc1Cl. The summed E-state index contributed by atoms with van der Waals surface area (Å²) in [4.78, 5) is 13.6. The Balaban J connectivity index is 2.18. The topological polar surface area (TPSA) is 44.1 Å². The lowest BCUT2D eigenvalue weighted by molar-refractivity contribution is 0.0780. The van der Waals surface area contributed by atoms with Gasteiger partial charge in [-0.2, -0.15) is 5.26 Å². The zero-order valence-electron chi connectivity index (χ0n) is 11.3. The molecule has 0 radical (unpaired) electrons. The van der Waals surface area contributed by atoms with Gasteiger partial charge in [-0.15, -0.1) is 0 Å². The molecule has 106 valence electrons. The number of nitriles is 1. The second kappa shape index (κ2) is 6.38. The maximum atomic E-state index is 13.7. The Bertz CT molecular complexity index is 687. The summed E-state index contributed by atoms with van der Waals surface area (Å²) in [6, 6.07) is 13.0. The van der Waals surface area contributed by atoms with Crippen molar-refractivity contribution in [1.29, 1.82) is 5.26 Å². The monoisotopic (exact) mass is 302 g/mol. The van der Waals surface area contributed by atoms with E-state index in [0.29, 0.717) is 12.1 Å². The molecule has 0 aliphatic rings. The third-order valence-electron chi connectivity index (χ3n) is 3.03. The summed E-state index contributed by atoms with van der Waals surface area (Å²) in [5.41, 5.74) is 1.26. The Morgan fingerprint density at radius 1 is 1.29 bits per heavy atom. The molecule has 0 aromatic heterocycles. The van der Waals surface area contributed by atoms with Crippen LogP contribution in [0.5, 0.6) is 0 Å². The van der Waals surface area contributed by atoms with Crippen LogP contribution in [0.4, 0.5) is 4.39 Å². The molecule has 0 unspecified atom stereocenters. The van der Waals surface area contributed by atoms with Crippen molar-refractivity contribution >= 4 is 17.5 Å². The molecule has 0 heterocycles. The van der Waals surface area contributed by atoms with Gasteiger partial charge in [-0.25, -0.2) is 4.39 Å². The van der Waals surface area contributed by atoms with Crippen LogP contribution in [0.15, 0.2) is 42.5 Å². The molecule has 2 aromatic rings. The van der Waals surface area contributed by atoms with Gasteiger partial charge in [-0.05, 0) is 29.8 Å². The van der Waals surface area contributed by atoms with E-state index in [1.807, 2.05) is 6.07 Å². The Hall–Kier alpha value is -2.38. The van der Waals surface area contributed by atoms with Crippen molar-refractivity contribution in [1.82, 2.24) is 4.90 Å². The average Bonchev–Trinajstić information content (AvgIpc) is 2.47. The second-order valence-corrected chi connectivity index (χ2v) is 4.97. The number of hydrogen-bond donors (Lipinski definition) is 0. The molecule has 0 spiro atoms. The van der Waals surface area contributed by atoms with E-state index in [4.69, 9.17) is 16.9 Å². The molecule has 0 aliphatic carbocycles. The fourth-order valence-electron chi connectivity index (χ4n) is 1.92. The molecular formula is C16H12ClFN2O. The second-order valence-electron chi connectivity index (χ2n) is 4.57. The first-order chi connectivity index (χ1) is 10.0. The molecule has 5 heteroatoms. The highest BCUT2D eigenvalue weighted by atomic mass is 35.5. The molecular weight excluding hydrogens is 291 g/mol. The zero-order valence-corrected chi connectivity index (χ0v) is 12.1. The molecule has 0 saturated carbocycles. The van der Waals surface area contributed by atoms with Gasteiger partial charge >= 0.3 is 0 Å². The molecule has 0 bridgehead atoms. The van der Waals surface area contributed by atoms with E-state index >= 15 is 0 Å². The van der Waals surface area contributed by atoms with Gasteiger partial charge in [0.15, 0.2) is 0 Å². The highest BCUT2D eigenvalue weighted by Crippen LogP contribution is 2.21. The highest BCUT2D eigenvalue weighted by Gasteiger charge is 2.19. The molecule has 0 atom stereocenters. The predicted octanol–water partition coefficient (Wildman–Crippen LogP) is 3.62. The lowest BCUT2D eigenvalue weighted by Crippen LogP contribution is -2.27. The van der Waals surface area contributed by atoms with Gasteiger partial charge in [-0.1, -0.05) is 29.8 Å². The Morgan fingerprint density at radius 3 is 2.52 bits per heavy atom. The van der Waals surface area contributed by atoms with Gasteiger partial charge in [0.2, 0.25) is 0 Å². The van der Waals surface area contributed by atoms with Crippen molar-refractivity contribution < 1.29 is 9.18 Å². The Kier molecular flexibility index (Phi) is 4.56. The number of hydrogen-bond acceptors (Lipinski definition) is 2. The van der Waals surface area contributed by atoms with Crippen LogP contribution in [0.25, 0.3) is 0 Å². The minimum atomic E-state index is -0.640. The minimum absolute atomic E-state index is 0.0895. The maximum absolute atomic E-state index is 13.7. The summed E-state index contributed by atoms with van der Waals surface area (Å²) >= 11 is 5.89. The minimum Gasteiger partial charge on any atom is -0.337 e. The molecule has 0 fully saturated rings. The summed E-state index contributed by atoms with van der Waals surface area (Å²) < 4.78 is 13.7. The third kappa shape index (κ3) is 3.39. The third-order valence-corrected chi connectivity index (χ3v) is 3.34. The van der Waals surface area contributed by atoms with Crippen LogP contribution >= 0.6 is 11.6 Å². The highest BCUT2D eigenvalue weighted by molar-refractivity contribution is 6.33. The van der Waals surface area contributed by atoms with E-state index in [0.717, 1.165) is 5.56 Å². The van der Waals surface area contributed by atoms with Crippen LogP contribution in [0.3, 0.4) is 0 Å². The number of benzene rings is 2. The van der Waals surface area contributed by atoms with E-state index in [1.54, 1.807) is 31.3 Å². The van der Waals surface area contributed by atoms with Crippen molar-refractivity contribution in [2.75, 3.05) is 7.05 Å². The van der Waals surface area contributed by atoms with E-state index in [1.165, 1.54) is 23.1 Å². The maximum Gasteiger partial charge on any atom is 0.258 e. The summed E-state index contributed by atoms with van der Waals surface area (Å²) in [6.45, 7) is 0.301. The fraction of sp³-hybridized carbons (Fsp3) is 0.125. The van der Waals surface area contributed by atoms with Crippen molar-refractivity contribution in [3.05, 3.63) is 70.0 Å². The van der Waals surface area contributed by atoms with Crippen LogP contribution in [0.1, 0.15) is 21.5 Å². The first-order valence-corrected chi connectivity index (χ1v) is 6.59. The Morgan fingerprint density at radius 2 is 1.95 bits per heavy atom. The number of nitrogens with zero attached hydrogens (tertiary/aromatic N) is 2. The molecule has 2 rings (SSSR count). The van der Waals surface area contributed by atoms with E-state index in [2.05, 4.69) is 0 Å². The predicted molar refractivity (Wildman–Crippen MR) is 78.4 cm³/mol. The first kappa shape index (κ1) is 15.0. The summed E-state index contributed by atoms with van der Waals surface area (Å²) in [6.07, 6.45) is 0. The summed E-state index contributed by atoms with van der Waals surface area (Å²) in [5, 5.41) is 8.83. The molecule has 2 aromatic carbocycles. The van der Waals surface area contributed by atoms with Crippen molar-refractivity contribution in [3.63, 3.8) is 0 Å². The van der Waals surface area contributed by atoms with E-state index < -0.39 is 11.7 Å². The van der Waals surface area contributed by atoms with Gasteiger partial charge in [0.1, 0.15) is 5.82 Å². The standard InChI is InChI=1S/C16H12ClFN2O/c1-20(10-12-7-5-11(9-19)6-8-12)16(21)15-13(17)3-2-4-14(15)18/h2-8H,10H2,1H3. The van der Waals surface area contributed by atoms with E-state index in [9.17, 15) is 9.18 Å². The van der Waals surface area contributed by atoms with Gasteiger partial charge in [0.25, 0.3) is 5.91 Å². The number of carbonyl (C=O) groups is 1. The number of halogens is 2. The zero-order chi connectivity index (χ0) is 15.4. The largest absolute Gasteiger partial charge is 0.337 e. The molecule has 3 nitrogen and oxygen atoms in total. The first-order valence-electron chi connectivity index (χ1n) is 6.21. The summed E-state index contributed by atoms with van der Waals surface area (Å²) in [7, 11) is 1.57. The molecule has 1 amide bonds. The molecule has 0 aliphatic heterocycles. The van der Waals surface area contributed by atoms with Crippen molar-refractivity contribution in [3.8, 4) is 6.07 Å². The fourth-order valence-corrected chi connectivity index (χ4v) is 2.17. The van der Waals surface area contributed by atoms with Crippen LogP contribution < -0.4 is 0 Å². The van der Waals surface area contributed by atoms with Crippen molar-refractivity contribution in [2.24, 2.45) is 0 Å². The molecule has 0 saturated heterocycles. The van der Waals surface area contributed by atoms with Crippen LogP contribution in [-0.2, 0) is 6.54 Å². The molecule has 0 N–H and O–H groups in total.